The fourth-order valence-corrected chi connectivity index (χ4v) is 3.74. The summed E-state index contributed by atoms with van der Waals surface area (Å²) in [6.45, 7) is 12.8. The minimum Gasteiger partial charge on any atom is -0.480 e. The molecule has 0 fully saturated rings. The van der Waals surface area contributed by atoms with Crippen LogP contribution in [0.4, 0.5) is 4.79 Å². The first kappa shape index (κ1) is 33.9. The largest absolute Gasteiger partial charge is 0.508 e. The van der Waals surface area contributed by atoms with Gasteiger partial charge in [-0.25, -0.2) is 4.79 Å². The standard InChI is InChI=1S/C29H45NO9/c1-8-10-12-24(31)38-22-15-14-21(16-23(22)39-25(32)13-11-9-2)26(27(30)28(33)34)18(5)20(7)37-29(35)36-19(6)17(3)4/h14-20,26-27H,8-13,30H2,1-7H3,(H,33,34)/t18?,19?,20?,26?,27-/m0/s1. The SMILES string of the molecule is CCCCC(=O)Oc1ccc(C(C(C)C(C)OC(=O)OC(C)C(C)C)[C@H](N)C(=O)O)cc1OC(=O)CCCC. The Kier molecular flexibility index (Phi) is 14.5. The Hall–Kier alpha value is -3.14. The van der Waals surface area contributed by atoms with Gasteiger partial charge in [0.1, 0.15) is 18.2 Å². The van der Waals surface area contributed by atoms with E-state index in [-0.39, 0.29) is 36.4 Å². The number of nitrogens with two attached hydrogens (primary N) is 1. The molecule has 0 aliphatic rings. The number of benzene rings is 1. The van der Waals surface area contributed by atoms with E-state index in [1.54, 1.807) is 26.8 Å². The fourth-order valence-electron chi connectivity index (χ4n) is 3.74. The Bertz CT molecular complexity index is 962. The Morgan fingerprint density at radius 1 is 0.821 bits per heavy atom. The van der Waals surface area contributed by atoms with E-state index in [1.165, 1.54) is 12.1 Å². The topological polar surface area (TPSA) is 151 Å². The second-order valence-corrected chi connectivity index (χ2v) is 10.3. The molecule has 0 heterocycles. The molecule has 3 N–H and O–H groups in total. The summed E-state index contributed by atoms with van der Waals surface area (Å²) in [5, 5.41) is 9.76. The molecule has 1 rings (SSSR count). The first-order valence-electron chi connectivity index (χ1n) is 13.7. The Balaban J connectivity index is 3.36. The molecule has 0 amide bonds. The molecular formula is C29H45NO9. The van der Waals surface area contributed by atoms with Crippen LogP contribution in [0.3, 0.4) is 0 Å². The first-order valence-corrected chi connectivity index (χ1v) is 13.7. The van der Waals surface area contributed by atoms with E-state index in [2.05, 4.69) is 0 Å². The molecule has 1 aromatic carbocycles. The molecule has 0 saturated heterocycles. The van der Waals surface area contributed by atoms with Gasteiger partial charge in [0.2, 0.25) is 0 Å². The van der Waals surface area contributed by atoms with E-state index in [0.29, 0.717) is 18.4 Å². The monoisotopic (exact) mass is 551 g/mol. The molecule has 10 nitrogen and oxygen atoms in total. The maximum absolute atomic E-state index is 12.5. The summed E-state index contributed by atoms with van der Waals surface area (Å²) in [7, 11) is 0. The highest BCUT2D eigenvalue weighted by Gasteiger charge is 2.36. The number of unbranched alkanes of at least 4 members (excludes halogenated alkanes) is 2. The molecule has 1 aromatic rings. The zero-order valence-electron chi connectivity index (χ0n) is 24.2. The van der Waals surface area contributed by atoms with Crippen LogP contribution in [0.1, 0.15) is 98.5 Å². The summed E-state index contributed by atoms with van der Waals surface area (Å²) >= 11 is 0. The Morgan fingerprint density at radius 2 is 1.33 bits per heavy atom. The smallest absolute Gasteiger partial charge is 0.480 e. The van der Waals surface area contributed by atoms with Crippen molar-refractivity contribution < 1.29 is 43.2 Å². The van der Waals surface area contributed by atoms with Gasteiger partial charge in [0.25, 0.3) is 0 Å². The molecule has 10 heteroatoms. The lowest BCUT2D eigenvalue weighted by Gasteiger charge is -2.32. The number of rotatable bonds is 16. The number of ether oxygens (including phenoxy) is 4. The van der Waals surface area contributed by atoms with Gasteiger partial charge in [-0.3, -0.25) is 14.4 Å². The summed E-state index contributed by atoms with van der Waals surface area (Å²) < 4.78 is 21.7. The van der Waals surface area contributed by atoms with E-state index in [0.717, 1.165) is 12.8 Å². The van der Waals surface area contributed by atoms with Crippen molar-refractivity contribution in [3.63, 3.8) is 0 Å². The molecular weight excluding hydrogens is 506 g/mol. The zero-order valence-corrected chi connectivity index (χ0v) is 24.2. The maximum Gasteiger partial charge on any atom is 0.508 e. The third-order valence-electron chi connectivity index (χ3n) is 6.75. The van der Waals surface area contributed by atoms with E-state index in [9.17, 15) is 24.3 Å². The van der Waals surface area contributed by atoms with E-state index >= 15 is 0 Å². The molecule has 0 saturated carbocycles. The third-order valence-corrected chi connectivity index (χ3v) is 6.75. The predicted molar refractivity (Wildman–Crippen MR) is 146 cm³/mol. The van der Waals surface area contributed by atoms with E-state index in [4.69, 9.17) is 24.7 Å². The lowest BCUT2D eigenvalue weighted by molar-refractivity contribution is -0.140. The number of carbonyl (C=O) groups is 4. The molecule has 220 valence electrons. The quantitative estimate of drug-likeness (QED) is 0.196. The zero-order chi connectivity index (χ0) is 29.7. The summed E-state index contributed by atoms with van der Waals surface area (Å²) in [6.07, 6.45) is 1.23. The minimum atomic E-state index is -1.38. The van der Waals surface area contributed by atoms with Crippen LogP contribution in [0.25, 0.3) is 0 Å². The van der Waals surface area contributed by atoms with E-state index < -0.39 is 48.0 Å². The molecule has 39 heavy (non-hydrogen) atoms. The van der Waals surface area contributed by atoms with Crippen molar-refractivity contribution in [2.75, 3.05) is 0 Å². The van der Waals surface area contributed by atoms with E-state index in [1.807, 2.05) is 27.7 Å². The van der Waals surface area contributed by atoms with Crippen molar-refractivity contribution in [1.82, 2.24) is 0 Å². The van der Waals surface area contributed by atoms with Gasteiger partial charge in [-0.1, -0.05) is 53.5 Å². The number of hydrogen-bond donors (Lipinski definition) is 2. The van der Waals surface area contributed by atoms with Crippen molar-refractivity contribution in [2.24, 2.45) is 17.6 Å². The van der Waals surface area contributed by atoms with Crippen molar-refractivity contribution in [2.45, 2.75) is 111 Å². The summed E-state index contributed by atoms with van der Waals surface area (Å²) in [6, 6.07) is 3.11. The second kappa shape index (κ2) is 16.7. The second-order valence-electron chi connectivity index (χ2n) is 10.3. The summed E-state index contributed by atoms with van der Waals surface area (Å²) in [4.78, 5) is 49.0. The third kappa shape index (κ3) is 11.2. The molecule has 0 spiro atoms. The molecule has 0 radical (unpaired) electrons. The number of carbonyl (C=O) groups excluding carboxylic acids is 3. The van der Waals surface area contributed by atoms with Gasteiger partial charge >= 0.3 is 24.1 Å². The predicted octanol–water partition coefficient (Wildman–Crippen LogP) is 5.60. The van der Waals surface area contributed by atoms with Gasteiger partial charge in [-0.2, -0.15) is 0 Å². The van der Waals surface area contributed by atoms with Crippen LogP contribution >= 0.6 is 0 Å². The van der Waals surface area contributed by atoms with Crippen molar-refractivity contribution >= 4 is 24.1 Å². The van der Waals surface area contributed by atoms with Crippen LogP contribution in [0.15, 0.2) is 18.2 Å². The van der Waals surface area contributed by atoms with Gasteiger partial charge in [-0.15, -0.1) is 0 Å². The minimum absolute atomic E-state index is 0.00743. The highest BCUT2D eigenvalue weighted by molar-refractivity contribution is 5.77. The lowest BCUT2D eigenvalue weighted by Crippen LogP contribution is -2.43. The number of carboxylic acid groups (broad SMARTS) is 1. The van der Waals surface area contributed by atoms with Crippen molar-refractivity contribution in [1.29, 1.82) is 0 Å². The number of carboxylic acids is 1. The average Bonchev–Trinajstić information content (AvgIpc) is 2.87. The van der Waals surface area contributed by atoms with Crippen LogP contribution in [0.5, 0.6) is 11.5 Å². The number of esters is 2. The fraction of sp³-hybridized carbons (Fsp3) is 0.655. The molecule has 5 atom stereocenters. The summed E-state index contributed by atoms with van der Waals surface area (Å²) in [5.41, 5.74) is 6.53. The normalized spacial score (nSPS) is 15.0. The van der Waals surface area contributed by atoms with Gasteiger partial charge in [-0.05, 0) is 50.3 Å². The van der Waals surface area contributed by atoms with Crippen LogP contribution in [-0.2, 0) is 23.9 Å². The Labute approximate surface area is 231 Å². The van der Waals surface area contributed by atoms with Crippen LogP contribution in [-0.4, -0.2) is 47.4 Å². The average molecular weight is 552 g/mol. The first-order chi connectivity index (χ1) is 18.3. The molecule has 0 aliphatic carbocycles. The highest BCUT2D eigenvalue weighted by atomic mass is 16.7. The van der Waals surface area contributed by atoms with Gasteiger partial charge in [0, 0.05) is 24.7 Å². The molecule has 0 bridgehead atoms. The Morgan fingerprint density at radius 3 is 1.82 bits per heavy atom. The lowest BCUT2D eigenvalue weighted by atomic mass is 9.79. The van der Waals surface area contributed by atoms with Gasteiger partial charge in [0.05, 0.1) is 0 Å². The van der Waals surface area contributed by atoms with Crippen molar-refractivity contribution in [3.05, 3.63) is 23.8 Å². The van der Waals surface area contributed by atoms with Gasteiger partial charge in [0.15, 0.2) is 11.5 Å². The number of hydrogen-bond acceptors (Lipinski definition) is 9. The maximum atomic E-state index is 12.5. The summed E-state index contributed by atoms with van der Waals surface area (Å²) in [5.74, 6) is -3.55. The van der Waals surface area contributed by atoms with Crippen LogP contribution in [0, 0.1) is 11.8 Å². The highest BCUT2D eigenvalue weighted by Crippen LogP contribution is 2.37. The van der Waals surface area contributed by atoms with Crippen LogP contribution < -0.4 is 15.2 Å². The molecule has 0 aliphatic heterocycles. The molecule has 0 aromatic heterocycles. The van der Waals surface area contributed by atoms with Crippen LogP contribution in [0.2, 0.25) is 0 Å². The molecule has 4 unspecified atom stereocenters. The van der Waals surface area contributed by atoms with Crippen molar-refractivity contribution in [3.8, 4) is 11.5 Å². The number of aliphatic carboxylic acids is 1. The van der Waals surface area contributed by atoms with Gasteiger partial charge < -0.3 is 29.8 Å².